The summed E-state index contributed by atoms with van der Waals surface area (Å²) < 4.78 is 5.37. The van der Waals surface area contributed by atoms with Crippen molar-refractivity contribution in [1.82, 2.24) is 9.88 Å². The Labute approximate surface area is 122 Å². The number of H-pyrrole nitrogens is 1. The molecule has 3 rings (SSSR count). The molecule has 0 radical (unpaired) electrons. The van der Waals surface area contributed by atoms with Crippen LogP contribution in [0, 0.1) is 0 Å². The van der Waals surface area contributed by atoms with Gasteiger partial charge in [-0.1, -0.05) is 6.07 Å². The minimum Gasteiger partial charge on any atom is -0.366 e. The van der Waals surface area contributed by atoms with Crippen molar-refractivity contribution in [1.29, 1.82) is 0 Å². The van der Waals surface area contributed by atoms with E-state index < -0.39 is 6.10 Å². The second-order valence-electron chi connectivity index (χ2n) is 5.15. The van der Waals surface area contributed by atoms with Gasteiger partial charge in [0.2, 0.25) is 5.91 Å². The number of anilines is 1. The molecule has 1 fully saturated rings. The molecule has 6 heteroatoms. The number of nitrogens with one attached hydrogen (secondary N) is 2. The van der Waals surface area contributed by atoms with E-state index >= 15 is 0 Å². The highest BCUT2D eigenvalue weighted by Gasteiger charge is 2.29. The Bertz CT molecular complexity index is 680. The number of carbonyl (C=O) groups excluding carboxylic acids is 2. The van der Waals surface area contributed by atoms with E-state index in [9.17, 15) is 9.59 Å². The smallest absolute Gasteiger partial charge is 0.252 e. The van der Waals surface area contributed by atoms with Crippen molar-refractivity contribution < 1.29 is 14.3 Å². The van der Waals surface area contributed by atoms with Gasteiger partial charge in [-0.3, -0.25) is 9.59 Å². The molecule has 0 spiro atoms. The van der Waals surface area contributed by atoms with E-state index in [1.807, 2.05) is 30.5 Å². The van der Waals surface area contributed by atoms with E-state index in [-0.39, 0.29) is 18.2 Å². The molecule has 0 saturated carbocycles. The lowest BCUT2D eigenvalue weighted by atomic mass is 10.1. The quantitative estimate of drug-likeness (QED) is 0.895. The van der Waals surface area contributed by atoms with E-state index in [0.29, 0.717) is 18.8 Å². The fourth-order valence-corrected chi connectivity index (χ4v) is 2.41. The van der Waals surface area contributed by atoms with Crippen LogP contribution >= 0.6 is 0 Å². The van der Waals surface area contributed by atoms with Crippen molar-refractivity contribution in [2.75, 3.05) is 25.5 Å². The molecule has 1 saturated heterocycles. The monoisotopic (exact) mass is 287 g/mol. The van der Waals surface area contributed by atoms with Crippen LogP contribution in [0.25, 0.3) is 10.9 Å². The lowest BCUT2D eigenvalue weighted by Crippen LogP contribution is -2.46. The van der Waals surface area contributed by atoms with Crippen LogP contribution in [0.4, 0.5) is 5.69 Å². The van der Waals surface area contributed by atoms with Crippen molar-refractivity contribution in [3.8, 4) is 0 Å². The van der Waals surface area contributed by atoms with Crippen LogP contribution in [0.5, 0.6) is 0 Å². The van der Waals surface area contributed by atoms with E-state index in [4.69, 9.17) is 4.74 Å². The summed E-state index contributed by atoms with van der Waals surface area (Å²) in [4.78, 5) is 28.6. The van der Waals surface area contributed by atoms with Crippen LogP contribution in [0.1, 0.15) is 6.42 Å². The lowest BCUT2D eigenvalue weighted by Gasteiger charge is -2.29. The maximum Gasteiger partial charge on any atom is 0.252 e. The molecule has 0 aliphatic carbocycles. The summed E-state index contributed by atoms with van der Waals surface area (Å²) in [6, 6.07) is 7.59. The molecule has 1 atom stereocenters. The summed E-state index contributed by atoms with van der Waals surface area (Å²) in [5, 5.41) is 3.88. The average molecular weight is 287 g/mol. The average Bonchev–Trinajstić information content (AvgIpc) is 2.91. The third-order valence-corrected chi connectivity index (χ3v) is 3.61. The summed E-state index contributed by atoms with van der Waals surface area (Å²) in [7, 11) is 1.72. The molecule has 1 aliphatic heterocycles. The van der Waals surface area contributed by atoms with Crippen LogP contribution in [-0.2, 0) is 14.3 Å². The highest BCUT2D eigenvalue weighted by molar-refractivity contribution is 5.96. The first-order valence-corrected chi connectivity index (χ1v) is 6.87. The molecule has 2 amide bonds. The summed E-state index contributed by atoms with van der Waals surface area (Å²) in [6.07, 6.45) is 1.20. The van der Waals surface area contributed by atoms with Crippen LogP contribution in [0.3, 0.4) is 0 Å². The lowest BCUT2D eigenvalue weighted by molar-refractivity contribution is -0.153. The van der Waals surface area contributed by atoms with E-state index in [2.05, 4.69) is 10.3 Å². The Morgan fingerprint density at radius 2 is 2.33 bits per heavy atom. The normalized spacial score (nSPS) is 19.0. The molecule has 1 aromatic carbocycles. The summed E-state index contributed by atoms with van der Waals surface area (Å²) >= 11 is 0. The minimum atomic E-state index is -0.682. The molecule has 0 bridgehead atoms. The molecule has 110 valence electrons. The van der Waals surface area contributed by atoms with Gasteiger partial charge in [0.25, 0.3) is 5.91 Å². The van der Waals surface area contributed by atoms with Crippen LogP contribution < -0.4 is 5.32 Å². The topological polar surface area (TPSA) is 74.4 Å². The number of morpholine rings is 1. The molecule has 6 nitrogen and oxygen atoms in total. The number of aromatic nitrogens is 1. The number of aromatic amines is 1. The SMILES string of the molecule is CN1CCOC(CC(=O)Nc2ccc3cc[nH]c3c2)C1=O. The number of nitrogens with zero attached hydrogens (tertiary/aromatic N) is 1. The van der Waals surface area contributed by atoms with Crippen molar-refractivity contribution in [2.45, 2.75) is 12.5 Å². The summed E-state index contributed by atoms with van der Waals surface area (Å²) in [6.45, 7) is 1.04. The van der Waals surface area contributed by atoms with Gasteiger partial charge in [0, 0.05) is 31.0 Å². The largest absolute Gasteiger partial charge is 0.366 e. The Kier molecular flexibility index (Phi) is 3.62. The molecule has 21 heavy (non-hydrogen) atoms. The number of hydrogen-bond acceptors (Lipinski definition) is 3. The number of likely N-dealkylation sites (N-methyl/N-ethyl adjacent to an activating group) is 1. The Morgan fingerprint density at radius 3 is 3.19 bits per heavy atom. The number of rotatable bonds is 3. The molecule has 2 N–H and O–H groups in total. The summed E-state index contributed by atoms with van der Waals surface area (Å²) in [5.41, 5.74) is 1.66. The number of fused-ring (bicyclic) bond motifs is 1. The van der Waals surface area contributed by atoms with E-state index in [1.54, 1.807) is 11.9 Å². The van der Waals surface area contributed by atoms with Crippen molar-refractivity contribution in [3.05, 3.63) is 30.5 Å². The minimum absolute atomic E-state index is 0.0337. The first-order chi connectivity index (χ1) is 10.1. The standard InChI is InChI=1S/C15H17N3O3/c1-18-6-7-21-13(15(18)20)9-14(19)17-11-3-2-10-4-5-16-12(10)8-11/h2-5,8,13,16H,6-7,9H2,1H3,(H,17,19). The van der Waals surface area contributed by atoms with Gasteiger partial charge in [0.05, 0.1) is 13.0 Å². The van der Waals surface area contributed by atoms with Gasteiger partial charge < -0.3 is 19.9 Å². The summed E-state index contributed by atoms with van der Waals surface area (Å²) in [5.74, 6) is -0.370. The first-order valence-electron chi connectivity index (χ1n) is 6.87. The van der Waals surface area contributed by atoms with Gasteiger partial charge >= 0.3 is 0 Å². The van der Waals surface area contributed by atoms with E-state index in [1.165, 1.54) is 0 Å². The third kappa shape index (κ3) is 2.90. The zero-order valence-electron chi connectivity index (χ0n) is 11.8. The van der Waals surface area contributed by atoms with Crippen molar-refractivity contribution in [2.24, 2.45) is 0 Å². The molecule has 1 aromatic heterocycles. The number of hydrogen-bond donors (Lipinski definition) is 2. The first kappa shape index (κ1) is 13.6. The van der Waals surface area contributed by atoms with Gasteiger partial charge in [0.1, 0.15) is 6.10 Å². The molecular weight excluding hydrogens is 270 g/mol. The number of benzene rings is 1. The van der Waals surface area contributed by atoms with Gasteiger partial charge in [0.15, 0.2) is 0 Å². The maximum absolute atomic E-state index is 12.0. The maximum atomic E-state index is 12.0. The second-order valence-corrected chi connectivity index (χ2v) is 5.15. The van der Waals surface area contributed by atoms with Gasteiger partial charge in [-0.05, 0) is 23.6 Å². The fourth-order valence-electron chi connectivity index (χ4n) is 2.41. The molecule has 2 heterocycles. The highest BCUT2D eigenvalue weighted by Crippen LogP contribution is 2.18. The van der Waals surface area contributed by atoms with Crippen LogP contribution in [-0.4, -0.2) is 48.0 Å². The van der Waals surface area contributed by atoms with Crippen LogP contribution in [0.2, 0.25) is 0 Å². The predicted octanol–water partition coefficient (Wildman–Crippen LogP) is 1.35. The molecule has 1 aliphatic rings. The Balaban J connectivity index is 1.64. The van der Waals surface area contributed by atoms with Crippen molar-refractivity contribution >= 4 is 28.4 Å². The predicted molar refractivity (Wildman–Crippen MR) is 78.9 cm³/mol. The Hall–Kier alpha value is -2.34. The number of carbonyl (C=O) groups is 2. The third-order valence-electron chi connectivity index (χ3n) is 3.61. The number of ether oxygens (including phenoxy) is 1. The van der Waals surface area contributed by atoms with E-state index in [0.717, 1.165) is 10.9 Å². The van der Waals surface area contributed by atoms with Gasteiger partial charge in [-0.15, -0.1) is 0 Å². The second kappa shape index (κ2) is 5.57. The number of amides is 2. The Morgan fingerprint density at radius 1 is 1.48 bits per heavy atom. The molecular formula is C15H17N3O3. The van der Waals surface area contributed by atoms with Crippen LogP contribution in [0.15, 0.2) is 30.5 Å². The molecule has 2 aromatic rings. The van der Waals surface area contributed by atoms with Crippen molar-refractivity contribution in [3.63, 3.8) is 0 Å². The highest BCUT2D eigenvalue weighted by atomic mass is 16.5. The molecule has 1 unspecified atom stereocenters. The zero-order valence-corrected chi connectivity index (χ0v) is 11.8. The van der Waals surface area contributed by atoms with Gasteiger partial charge in [-0.25, -0.2) is 0 Å². The zero-order chi connectivity index (χ0) is 14.8. The van der Waals surface area contributed by atoms with Gasteiger partial charge in [-0.2, -0.15) is 0 Å². The fraction of sp³-hybridized carbons (Fsp3) is 0.333.